The number of benzene rings is 4. The molecule has 0 aliphatic heterocycles. The Morgan fingerprint density at radius 2 is 0.423 bits per heavy atom. The molecule has 0 heterocycles. The molecule has 4 aromatic carbocycles. The lowest BCUT2D eigenvalue weighted by Gasteiger charge is -2.34. The van der Waals surface area contributed by atoms with E-state index >= 15 is 0 Å². The van der Waals surface area contributed by atoms with E-state index in [0.717, 1.165) is 48.5 Å². The van der Waals surface area contributed by atoms with Gasteiger partial charge in [0.1, 0.15) is 0 Å². The molecule has 0 saturated heterocycles. The molecule has 52 heavy (non-hydrogen) atoms. The number of hydrogen-bond donors (Lipinski definition) is 8. The first-order valence-electron chi connectivity index (χ1n) is 14.6. The minimum atomic E-state index is -3.95. The van der Waals surface area contributed by atoms with Crippen molar-refractivity contribution in [3.05, 3.63) is 144 Å². The van der Waals surface area contributed by atoms with E-state index in [1.807, 2.05) is 0 Å². The highest BCUT2D eigenvalue weighted by Gasteiger charge is 2.71. The maximum Gasteiger partial charge on any atom is 0.348 e. The highest BCUT2D eigenvalue weighted by molar-refractivity contribution is 6.29. The number of carbonyl (C=O) groups excluding carboxylic acids is 4. The van der Waals surface area contributed by atoms with Gasteiger partial charge in [0, 0.05) is 22.3 Å². The summed E-state index contributed by atoms with van der Waals surface area (Å²) in [4.78, 5) is 97.1. The number of ketones is 4. The van der Waals surface area contributed by atoms with Gasteiger partial charge in [-0.05, 0) is 0 Å². The van der Waals surface area contributed by atoms with Crippen LogP contribution in [0.5, 0.6) is 0 Å². The summed E-state index contributed by atoms with van der Waals surface area (Å²) in [6, 6.07) is 25.6. The molecular weight excluding hydrogens is 688 g/mol. The number of carboxylic acid groups (broad SMARTS) is 4. The SMILES string of the molecule is O=C(O)[C@](O)(C(=O)c1ccccc1)[C@](O)(C(=O)O)C(=O)c1ccccc1.O=C(O)[C@](O)(C(=O)c1ccccc1)[C@](O)(C(=O)O)C(=O)c1ccccc1. The van der Waals surface area contributed by atoms with Crippen LogP contribution >= 0.6 is 0 Å². The first kappa shape index (κ1) is 39.7. The van der Waals surface area contributed by atoms with Gasteiger partial charge in [-0.3, -0.25) is 19.2 Å². The van der Waals surface area contributed by atoms with Gasteiger partial charge in [-0.15, -0.1) is 0 Å². The predicted molar refractivity (Wildman–Crippen MR) is 173 cm³/mol. The quantitative estimate of drug-likeness (QED) is 0.0660. The van der Waals surface area contributed by atoms with E-state index in [1.54, 1.807) is 0 Å². The zero-order valence-corrected chi connectivity index (χ0v) is 26.4. The summed E-state index contributed by atoms with van der Waals surface area (Å²) in [6.45, 7) is 0. The molecule has 268 valence electrons. The summed E-state index contributed by atoms with van der Waals surface area (Å²) < 4.78 is 0. The van der Waals surface area contributed by atoms with Crippen molar-refractivity contribution in [1.82, 2.24) is 0 Å². The summed E-state index contributed by atoms with van der Waals surface area (Å²) in [7, 11) is 0. The van der Waals surface area contributed by atoms with Gasteiger partial charge in [0.05, 0.1) is 0 Å². The molecular formula is C36H28O16. The van der Waals surface area contributed by atoms with Crippen molar-refractivity contribution >= 4 is 47.0 Å². The number of carboxylic acids is 4. The van der Waals surface area contributed by atoms with Crippen molar-refractivity contribution in [2.24, 2.45) is 0 Å². The normalized spacial score (nSPS) is 15.3. The fraction of sp³-hybridized carbons (Fsp3) is 0.111. The Balaban J connectivity index is 0.000000280. The van der Waals surface area contributed by atoms with Crippen LogP contribution in [-0.4, -0.2) is 110 Å². The molecule has 0 radical (unpaired) electrons. The fourth-order valence-electron chi connectivity index (χ4n) is 4.86. The zero-order chi connectivity index (χ0) is 39.1. The van der Waals surface area contributed by atoms with Gasteiger partial charge in [0.15, 0.2) is 0 Å². The third kappa shape index (κ3) is 6.72. The van der Waals surface area contributed by atoms with E-state index in [4.69, 9.17) is 0 Å². The average Bonchev–Trinajstić information content (AvgIpc) is 3.16. The molecule has 0 spiro atoms. The molecule has 4 rings (SSSR count). The van der Waals surface area contributed by atoms with Crippen LogP contribution in [0.3, 0.4) is 0 Å². The van der Waals surface area contributed by atoms with Gasteiger partial charge in [0.2, 0.25) is 23.1 Å². The van der Waals surface area contributed by atoms with Crippen LogP contribution in [0.1, 0.15) is 41.4 Å². The number of aliphatic hydroxyl groups is 4. The van der Waals surface area contributed by atoms with Gasteiger partial charge in [-0.25, -0.2) is 19.2 Å². The van der Waals surface area contributed by atoms with Crippen molar-refractivity contribution in [3.8, 4) is 0 Å². The summed E-state index contributed by atoms with van der Waals surface area (Å²) in [5, 5.41) is 79.7. The third-order valence-corrected chi connectivity index (χ3v) is 7.74. The molecule has 4 atom stereocenters. The second-order valence-electron chi connectivity index (χ2n) is 10.8. The van der Waals surface area contributed by atoms with E-state index < -0.39 is 91.7 Å². The molecule has 0 fully saturated rings. The van der Waals surface area contributed by atoms with Crippen molar-refractivity contribution in [1.29, 1.82) is 0 Å². The van der Waals surface area contributed by atoms with Crippen LogP contribution in [0.15, 0.2) is 121 Å². The van der Waals surface area contributed by atoms with Crippen molar-refractivity contribution in [2.45, 2.75) is 22.4 Å². The Morgan fingerprint density at radius 3 is 0.538 bits per heavy atom. The first-order valence-corrected chi connectivity index (χ1v) is 14.6. The largest absolute Gasteiger partial charge is 0.479 e. The second kappa shape index (κ2) is 15.4. The monoisotopic (exact) mass is 716 g/mol. The highest BCUT2D eigenvalue weighted by atomic mass is 16.5. The topological polar surface area (TPSA) is 298 Å². The predicted octanol–water partition coefficient (Wildman–Crippen LogP) is 0.767. The summed E-state index contributed by atoms with van der Waals surface area (Å²) >= 11 is 0. The highest BCUT2D eigenvalue weighted by Crippen LogP contribution is 2.33. The number of hydrogen-bond acceptors (Lipinski definition) is 12. The summed E-state index contributed by atoms with van der Waals surface area (Å²) in [6.07, 6.45) is 0. The van der Waals surface area contributed by atoms with Crippen LogP contribution in [-0.2, 0) is 19.2 Å². The van der Waals surface area contributed by atoms with Crippen LogP contribution in [0, 0.1) is 0 Å². The molecule has 0 amide bonds. The molecule has 0 aromatic heterocycles. The smallest absolute Gasteiger partial charge is 0.348 e. The molecule has 0 saturated carbocycles. The number of Topliss-reactive ketones (excluding diaryl/α,β-unsaturated/α-hetero) is 4. The Hall–Kier alpha value is -6.72. The fourth-order valence-corrected chi connectivity index (χ4v) is 4.86. The maximum absolute atomic E-state index is 12.6. The molecule has 16 heteroatoms. The van der Waals surface area contributed by atoms with Gasteiger partial charge >= 0.3 is 23.9 Å². The van der Waals surface area contributed by atoms with E-state index in [-0.39, 0.29) is 0 Å². The van der Waals surface area contributed by atoms with Crippen molar-refractivity contribution in [3.63, 3.8) is 0 Å². The molecule has 8 N–H and O–H groups in total. The maximum atomic E-state index is 12.6. The summed E-state index contributed by atoms with van der Waals surface area (Å²) in [5.74, 6) is -16.1. The number of rotatable bonds is 14. The number of carbonyl (C=O) groups is 8. The Morgan fingerprint density at radius 1 is 0.288 bits per heavy atom. The lowest BCUT2D eigenvalue weighted by Crippen LogP contribution is -2.71. The van der Waals surface area contributed by atoms with Gasteiger partial charge < -0.3 is 40.9 Å². The molecule has 0 unspecified atom stereocenters. The first-order chi connectivity index (χ1) is 24.3. The molecule has 4 aromatic rings. The molecule has 0 bridgehead atoms. The molecule has 16 nitrogen and oxygen atoms in total. The minimum absolute atomic E-state index is 0.391. The zero-order valence-electron chi connectivity index (χ0n) is 26.4. The number of aliphatic carboxylic acids is 4. The lowest BCUT2D eigenvalue weighted by atomic mass is 9.73. The summed E-state index contributed by atoms with van der Waals surface area (Å²) in [5.41, 5.74) is -17.4. The van der Waals surface area contributed by atoms with Crippen molar-refractivity contribution in [2.75, 3.05) is 0 Å². The van der Waals surface area contributed by atoms with Crippen LogP contribution in [0.2, 0.25) is 0 Å². The van der Waals surface area contributed by atoms with Gasteiger partial charge in [0.25, 0.3) is 22.4 Å². The van der Waals surface area contributed by atoms with Crippen LogP contribution in [0.4, 0.5) is 0 Å². The van der Waals surface area contributed by atoms with E-state index in [0.29, 0.717) is 0 Å². The van der Waals surface area contributed by atoms with E-state index in [1.165, 1.54) is 72.8 Å². The van der Waals surface area contributed by atoms with E-state index in [9.17, 15) is 79.2 Å². The molecule has 0 aliphatic carbocycles. The third-order valence-electron chi connectivity index (χ3n) is 7.74. The van der Waals surface area contributed by atoms with Crippen molar-refractivity contribution < 1.29 is 79.2 Å². The van der Waals surface area contributed by atoms with Crippen LogP contribution < -0.4 is 0 Å². The lowest BCUT2D eigenvalue weighted by molar-refractivity contribution is -0.187. The molecule has 0 aliphatic rings. The minimum Gasteiger partial charge on any atom is -0.479 e. The van der Waals surface area contributed by atoms with Gasteiger partial charge in [-0.1, -0.05) is 121 Å². The Labute approximate surface area is 292 Å². The standard InChI is InChI=1S/2C18H14O8/c2*19-13(11-7-3-1-4-8-11)17(25,15(21)22)18(26,16(23)24)14(20)12-9-5-2-6-10-12/h2*1-10,25-26H,(H,21,22)(H,23,24)/t2*17-,18-/m11/s1. The Kier molecular flexibility index (Phi) is 11.8. The average molecular weight is 717 g/mol. The van der Waals surface area contributed by atoms with E-state index in [2.05, 4.69) is 0 Å². The van der Waals surface area contributed by atoms with Gasteiger partial charge in [-0.2, -0.15) is 0 Å². The second-order valence-corrected chi connectivity index (χ2v) is 10.8. The Bertz CT molecular complexity index is 1720. The van der Waals surface area contributed by atoms with Crippen LogP contribution in [0.25, 0.3) is 0 Å².